The minimum absolute atomic E-state index is 0.170. The minimum atomic E-state index is -0.853. The Kier molecular flexibility index (Phi) is 4.05. The molecule has 0 bridgehead atoms. The average Bonchev–Trinajstić information content (AvgIpc) is 2.47. The van der Waals surface area contributed by atoms with E-state index < -0.39 is 17.8 Å². The van der Waals surface area contributed by atoms with E-state index in [0.29, 0.717) is 5.69 Å². The molecule has 20 heavy (non-hydrogen) atoms. The first kappa shape index (κ1) is 13.7. The van der Waals surface area contributed by atoms with Crippen molar-refractivity contribution in [3.05, 3.63) is 59.7 Å². The highest BCUT2D eigenvalue weighted by Gasteiger charge is 2.13. The highest BCUT2D eigenvalue weighted by molar-refractivity contribution is 6.04. The molecule has 1 N–H and O–H groups in total. The summed E-state index contributed by atoms with van der Waals surface area (Å²) in [5.41, 5.74) is 0.481. The number of esters is 1. The summed E-state index contributed by atoms with van der Waals surface area (Å²) < 4.78 is 17.9. The molecule has 1 aromatic heterocycles. The van der Waals surface area contributed by atoms with Crippen LogP contribution in [0.3, 0.4) is 0 Å². The molecule has 0 spiro atoms. The molecule has 5 nitrogen and oxygen atoms in total. The lowest BCUT2D eigenvalue weighted by Crippen LogP contribution is -2.14. The van der Waals surface area contributed by atoms with Crippen LogP contribution in [0.1, 0.15) is 20.7 Å². The first-order chi connectivity index (χ1) is 9.61. The molecule has 0 fully saturated rings. The molecule has 2 aromatic rings. The van der Waals surface area contributed by atoms with Crippen LogP contribution < -0.4 is 5.32 Å². The zero-order valence-corrected chi connectivity index (χ0v) is 10.6. The summed E-state index contributed by atoms with van der Waals surface area (Å²) in [6.07, 6.45) is 1.25. The van der Waals surface area contributed by atoms with Gasteiger partial charge in [-0.25, -0.2) is 9.78 Å². The van der Waals surface area contributed by atoms with Crippen molar-refractivity contribution in [1.29, 1.82) is 0 Å². The van der Waals surface area contributed by atoms with Crippen molar-refractivity contribution in [3.8, 4) is 0 Å². The molecule has 0 unspecified atom stereocenters. The van der Waals surface area contributed by atoms with Crippen LogP contribution in [0.15, 0.2) is 42.6 Å². The number of ether oxygens (including phenoxy) is 1. The van der Waals surface area contributed by atoms with E-state index in [1.54, 1.807) is 18.2 Å². The summed E-state index contributed by atoms with van der Waals surface area (Å²) in [7, 11) is 1.26. The molecule has 0 saturated carbocycles. The van der Waals surface area contributed by atoms with E-state index in [0.717, 1.165) is 0 Å². The van der Waals surface area contributed by atoms with E-state index in [4.69, 9.17) is 0 Å². The smallest absolute Gasteiger partial charge is 0.337 e. The predicted molar refractivity (Wildman–Crippen MR) is 69.9 cm³/mol. The van der Waals surface area contributed by atoms with Gasteiger partial charge in [0, 0.05) is 11.9 Å². The lowest BCUT2D eigenvalue weighted by Gasteiger charge is -2.07. The van der Waals surface area contributed by atoms with Crippen LogP contribution >= 0.6 is 0 Å². The first-order valence-corrected chi connectivity index (χ1v) is 5.72. The quantitative estimate of drug-likeness (QED) is 0.688. The SMILES string of the molecule is COC(=O)c1cccc(NC(=O)c2cccnc2F)c1. The third kappa shape index (κ3) is 2.97. The van der Waals surface area contributed by atoms with Crippen LogP contribution in [-0.2, 0) is 4.74 Å². The summed E-state index contributed by atoms with van der Waals surface area (Å²) in [4.78, 5) is 26.6. The number of halogens is 1. The lowest BCUT2D eigenvalue weighted by atomic mass is 10.2. The summed E-state index contributed by atoms with van der Waals surface area (Å²) in [5, 5.41) is 2.49. The molecule has 0 aliphatic carbocycles. The average molecular weight is 274 g/mol. The number of amides is 1. The molecule has 1 amide bonds. The maximum atomic E-state index is 13.4. The standard InChI is InChI=1S/C14H11FN2O3/c1-20-14(19)9-4-2-5-10(8-9)17-13(18)11-6-3-7-16-12(11)15/h2-8H,1H3,(H,17,18). The van der Waals surface area contributed by atoms with Gasteiger partial charge in [-0.1, -0.05) is 6.07 Å². The van der Waals surface area contributed by atoms with E-state index in [1.807, 2.05) is 0 Å². The van der Waals surface area contributed by atoms with Crippen molar-refractivity contribution >= 4 is 17.6 Å². The number of rotatable bonds is 3. The van der Waals surface area contributed by atoms with Crippen LogP contribution in [0.25, 0.3) is 0 Å². The van der Waals surface area contributed by atoms with Gasteiger partial charge in [0.15, 0.2) is 0 Å². The molecule has 0 saturated heterocycles. The molecule has 0 aliphatic heterocycles. The molecule has 1 heterocycles. The summed E-state index contributed by atoms with van der Waals surface area (Å²) >= 11 is 0. The second-order valence-electron chi connectivity index (χ2n) is 3.87. The van der Waals surface area contributed by atoms with Crippen LogP contribution in [0.5, 0.6) is 0 Å². The number of nitrogens with zero attached hydrogens (tertiary/aromatic N) is 1. The number of carbonyl (C=O) groups excluding carboxylic acids is 2. The van der Waals surface area contributed by atoms with Gasteiger partial charge >= 0.3 is 5.97 Å². The van der Waals surface area contributed by atoms with Crippen molar-refractivity contribution in [2.45, 2.75) is 0 Å². The molecule has 1 aromatic carbocycles. The van der Waals surface area contributed by atoms with Gasteiger partial charge in [0.1, 0.15) is 0 Å². The van der Waals surface area contributed by atoms with Crippen LogP contribution in [0.4, 0.5) is 10.1 Å². The number of nitrogens with one attached hydrogen (secondary N) is 1. The van der Waals surface area contributed by atoms with Gasteiger partial charge in [-0.05, 0) is 30.3 Å². The second-order valence-corrected chi connectivity index (χ2v) is 3.87. The highest BCUT2D eigenvalue weighted by Crippen LogP contribution is 2.13. The van der Waals surface area contributed by atoms with Crippen molar-refractivity contribution in [1.82, 2.24) is 4.98 Å². The number of hydrogen-bond acceptors (Lipinski definition) is 4. The molecule has 102 valence electrons. The fourth-order valence-electron chi connectivity index (χ4n) is 1.60. The van der Waals surface area contributed by atoms with Crippen molar-refractivity contribution in [2.75, 3.05) is 12.4 Å². The number of methoxy groups -OCH3 is 1. The Hall–Kier alpha value is -2.76. The number of benzene rings is 1. The largest absolute Gasteiger partial charge is 0.465 e. The van der Waals surface area contributed by atoms with Crippen LogP contribution in [0.2, 0.25) is 0 Å². The van der Waals surface area contributed by atoms with Gasteiger partial charge in [0.05, 0.1) is 18.2 Å². The van der Waals surface area contributed by atoms with Gasteiger partial charge in [-0.2, -0.15) is 4.39 Å². The topological polar surface area (TPSA) is 68.3 Å². The number of pyridine rings is 1. The molecule has 0 atom stereocenters. The zero-order chi connectivity index (χ0) is 14.5. The van der Waals surface area contributed by atoms with Crippen molar-refractivity contribution in [3.63, 3.8) is 0 Å². The Balaban J connectivity index is 2.20. The van der Waals surface area contributed by atoms with Crippen LogP contribution in [-0.4, -0.2) is 24.0 Å². The molecular formula is C14H11FN2O3. The monoisotopic (exact) mass is 274 g/mol. The summed E-state index contributed by atoms with van der Waals surface area (Å²) in [6, 6.07) is 8.94. The maximum absolute atomic E-state index is 13.4. The zero-order valence-electron chi connectivity index (χ0n) is 10.6. The Bertz CT molecular complexity index is 658. The Morgan fingerprint density at radius 2 is 2.05 bits per heavy atom. The summed E-state index contributed by atoms with van der Waals surface area (Å²) in [6.45, 7) is 0. The van der Waals surface area contributed by atoms with E-state index in [9.17, 15) is 14.0 Å². The molecule has 0 radical (unpaired) electrons. The number of carbonyl (C=O) groups is 2. The van der Waals surface area contributed by atoms with Gasteiger partial charge in [0.2, 0.25) is 5.95 Å². The fraction of sp³-hybridized carbons (Fsp3) is 0.0714. The van der Waals surface area contributed by atoms with Crippen molar-refractivity contribution in [2.24, 2.45) is 0 Å². The van der Waals surface area contributed by atoms with Gasteiger partial charge < -0.3 is 10.1 Å². The Morgan fingerprint density at radius 3 is 2.75 bits per heavy atom. The number of aromatic nitrogens is 1. The second kappa shape index (κ2) is 5.92. The Labute approximate surface area is 114 Å². The molecule has 0 aliphatic rings. The lowest BCUT2D eigenvalue weighted by molar-refractivity contribution is 0.0600. The molecular weight excluding hydrogens is 263 g/mol. The number of anilines is 1. The van der Waals surface area contributed by atoms with E-state index in [1.165, 1.54) is 31.5 Å². The van der Waals surface area contributed by atoms with Crippen molar-refractivity contribution < 1.29 is 18.7 Å². The minimum Gasteiger partial charge on any atom is -0.465 e. The van der Waals surface area contributed by atoms with Gasteiger partial charge in [-0.3, -0.25) is 4.79 Å². The van der Waals surface area contributed by atoms with E-state index in [-0.39, 0.29) is 11.1 Å². The highest BCUT2D eigenvalue weighted by atomic mass is 19.1. The number of hydrogen-bond donors (Lipinski definition) is 1. The van der Waals surface area contributed by atoms with Gasteiger partial charge in [0.25, 0.3) is 5.91 Å². The first-order valence-electron chi connectivity index (χ1n) is 5.72. The van der Waals surface area contributed by atoms with Gasteiger partial charge in [-0.15, -0.1) is 0 Å². The molecule has 2 rings (SSSR count). The maximum Gasteiger partial charge on any atom is 0.337 e. The third-order valence-corrected chi connectivity index (χ3v) is 2.55. The van der Waals surface area contributed by atoms with E-state index in [2.05, 4.69) is 15.0 Å². The van der Waals surface area contributed by atoms with Crippen LogP contribution in [0, 0.1) is 5.95 Å². The third-order valence-electron chi connectivity index (χ3n) is 2.55. The predicted octanol–water partition coefficient (Wildman–Crippen LogP) is 2.26. The normalized spacial score (nSPS) is 9.90. The molecule has 6 heteroatoms. The fourth-order valence-corrected chi connectivity index (χ4v) is 1.60. The summed E-state index contributed by atoms with van der Waals surface area (Å²) in [5.74, 6) is -2.01. The Morgan fingerprint density at radius 1 is 1.25 bits per heavy atom. The van der Waals surface area contributed by atoms with E-state index >= 15 is 0 Å².